The molecule has 2 amide bonds. The van der Waals surface area contributed by atoms with Gasteiger partial charge in [0.15, 0.2) is 0 Å². The summed E-state index contributed by atoms with van der Waals surface area (Å²) < 4.78 is 0.903. The van der Waals surface area contributed by atoms with Gasteiger partial charge in [0, 0.05) is 22.2 Å². The molecule has 2 aromatic carbocycles. The first-order valence-corrected chi connectivity index (χ1v) is 7.33. The summed E-state index contributed by atoms with van der Waals surface area (Å²) in [4.78, 5) is 33.7. The molecule has 0 radical (unpaired) electrons. The van der Waals surface area contributed by atoms with Gasteiger partial charge in [0.05, 0.1) is 11.3 Å². The monoisotopic (exact) mass is 377 g/mol. The normalized spacial score (nSPS) is 9.96. The maximum absolute atomic E-state index is 11.9. The van der Waals surface area contributed by atoms with E-state index in [1.807, 2.05) is 12.1 Å². The summed E-state index contributed by atoms with van der Waals surface area (Å²) in [6, 6.07) is 12.4. The Morgan fingerprint density at radius 1 is 1.09 bits per heavy atom. The van der Waals surface area contributed by atoms with Gasteiger partial charge in [0.2, 0.25) is 5.91 Å². The van der Waals surface area contributed by atoms with Crippen LogP contribution in [0.4, 0.5) is 5.69 Å². The number of nitrogens with one attached hydrogen (secondary N) is 2. The number of rotatable bonds is 4. The Morgan fingerprint density at radius 2 is 1.78 bits per heavy atom. The molecule has 0 atom stereocenters. The molecule has 0 heterocycles. The third-order valence-corrected chi connectivity index (χ3v) is 3.44. The maximum Gasteiger partial charge on any atom is 0.270 e. The van der Waals surface area contributed by atoms with Gasteiger partial charge in [-0.3, -0.25) is 30.6 Å². The summed E-state index contributed by atoms with van der Waals surface area (Å²) in [6.45, 7) is 0. The molecule has 0 aliphatic carbocycles. The molecule has 2 aromatic rings. The molecule has 0 bridgehead atoms. The molecule has 0 aromatic heterocycles. The van der Waals surface area contributed by atoms with Gasteiger partial charge in [-0.15, -0.1) is 0 Å². The van der Waals surface area contributed by atoms with E-state index in [0.717, 1.165) is 16.1 Å². The molecule has 0 saturated carbocycles. The SMILES string of the molecule is O=C(Cc1ccc(Br)cc1)NNC(=O)c1cccc([N+](=O)[O-])c1. The molecule has 7 nitrogen and oxygen atoms in total. The van der Waals surface area contributed by atoms with Crippen molar-refractivity contribution in [2.24, 2.45) is 0 Å². The Bertz CT molecular complexity index is 747. The Morgan fingerprint density at radius 3 is 2.43 bits per heavy atom. The predicted molar refractivity (Wildman–Crippen MR) is 86.6 cm³/mol. The Balaban J connectivity index is 1.91. The van der Waals surface area contributed by atoms with Crippen LogP contribution < -0.4 is 10.9 Å². The molecular weight excluding hydrogens is 366 g/mol. The zero-order chi connectivity index (χ0) is 16.8. The third kappa shape index (κ3) is 4.89. The highest BCUT2D eigenvalue weighted by molar-refractivity contribution is 9.10. The Labute approximate surface area is 139 Å². The quantitative estimate of drug-likeness (QED) is 0.630. The van der Waals surface area contributed by atoms with Crippen LogP contribution in [0.1, 0.15) is 15.9 Å². The smallest absolute Gasteiger partial charge is 0.270 e. The number of amides is 2. The van der Waals surface area contributed by atoms with Gasteiger partial charge in [-0.25, -0.2) is 0 Å². The van der Waals surface area contributed by atoms with Crippen LogP contribution in [-0.4, -0.2) is 16.7 Å². The van der Waals surface area contributed by atoms with Gasteiger partial charge in [-0.2, -0.15) is 0 Å². The zero-order valence-electron chi connectivity index (χ0n) is 11.8. The highest BCUT2D eigenvalue weighted by Gasteiger charge is 2.12. The lowest BCUT2D eigenvalue weighted by atomic mass is 10.1. The van der Waals surface area contributed by atoms with Crippen molar-refractivity contribution >= 4 is 33.4 Å². The standard InChI is InChI=1S/C15H12BrN3O4/c16-12-6-4-10(5-7-12)8-14(20)17-18-15(21)11-2-1-3-13(9-11)19(22)23/h1-7,9H,8H2,(H,17,20)(H,18,21). The number of hydrogen-bond acceptors (Lipinski definition) is 4. The van der Waals surface area contributed by atoms with Crippen molar-refractivity contribution in [3.63, 3.8) is 0 Å². The fourth-order valence-corrected chi connectivity index (χ4v) is 2.06. The first-order chi connectivity index (χ1) is 11.0. The average molecular weight is 378 g/mol. The molecule has 0 aliphatic heterocycles. The van der Waals surface area contributed by atoms with Crippen LogP contribution in [0.3, 0.4) is 0 Å². The number of hydrogen-bond donors (Lipinski definition) is 2. The Hall–Kier alpha value is -2.74. The molecule has 0 unspecified atom stereocenters. The van der Waals surface area contributed by atoms with Crippen LogP contribution in [0.2, 0.25) is 0 Å². The lowest BCUT2D eigenvalue weighted by molar-refractivity contribution is -0.384. The van der Waals surface area contributed by atoms with Gasteiger partial charge in [0.25, 0.3) is 11.6 Å². The second kappa shape index (κ2) is 7.50. The van der Waals surface area contributed by atoms with E-state index in [9.17, 15) is 19.7 Å². The topological polar surface area (TPSA) is 101 Å². The molecule has 118 valence electrons. The minimum atomic E-state index is -0.627. The number of nitrogens with zero attached hydrogens (tertiary/aromatic N) is 1. The van der Waals surface area contributed by atoms with Crippen LogP contribution in [0.5, 0.6) is 0 Å². The van der Waals surface area contributed by atoms with Gasteiger partial charge < -0.3 is 0 Å². The first kappa shape index (κ1) is 16.6. The molecule has 23 heavy (non-hydrogen) atoms. The number of halogens is 1. The summed E-state index contributed by atoms with van der Waals surface area (Å²) in [7, 11) is 0. The largest absolute Gasteiger partial charge is 0.273 e. The third-order valence-electron chi connectivity index (χ3n) is 2.91. The molecule has 2 N–H and O–H groups in total. The zero-order valence-corrected chi connectivity index (χ0v) is 13.4. The molecule has 0 aliphatic rings. The average Bonchev–Trinajstić information content (AvgIpc) is 2.55. The van der Waals surface area contributed by atoms with Gasteiger partial charge in [-0.05, 0) is 23.8 Å². The van der Waals surface area contributed by atoms with Crippen molar-refractivity contribution in [3.8, 4) is 0 Å². The summed E-state index contributed by atoms with van der Waals surface area (Å²) in [5, 5.41) is 10.7. The van der Waals surface area contributed by atoms with Crippen molar-refractivity contribution in [2.75, 3.05) is 0 Å². The second-order valence-corrected chi connectivity index (χ2v) is 5.53. The lowest BCUT2D eigenvalue weighted by Gasteiger charge is -2.07. The molecule has 0 saturated heterocycles. The van der Waals surface area contributed by atoms with E-state index in [1.54, 1.807) is 12.1 Å². The van der Waals surface area contributed by atoms with E-state index in [0.29, 0.717) is 0 Å². The van der Waals surface area contributed by atoms with E-state index >= 15 is 0 Å². The molecule has 0 fully saturated rings. The number of non-ortho nitro benzene ring substituents is 1. The molecule has 8 heteroatoms. The Kier molecular flexibility index (Phi) is 5.42. The number of carbonyl (C=O) groups is 2. The number of benzene rings is 2. The van der Waals surface area contributed by atoms with Crippen molar-refractivity contribution < 1.29 is 14.5 Å². The fraction of sp³-hybridized carbons (Fsp3) is 0.0667. The lowest BCUT2D eigenvalue weighted by Crippen LogP contribution is -2.42. The van der Waals surface area contributed by atoms with E-state index in [-0.39, 0.29) is 17.7 Å². The number of nitro benzene ring substituents is 1. The predicted octanol–water partition coefficient (Wildman–Crippen LogP) is 2.36. The van der Waals surface area contributed by atoms with Crippen molar-refractivity contribution in [1.82, 2.24) is 10.9 Å². The van der Waals surface area contributed by atoms with Gasteiger partial charge in [0.1, 0.15) is 0 Å². The highest BCUT2D eigenvalue weighted by Crippen LogP contribution is 2.13. The van der Waals surface area contributed by atoms with Crippen LogP contribution in [0.25, 0.3) is 0 Å². The highest BCUT2D eigenvalue weighted by atomic mass is 79.9. The number of hydrazine groups is 1. The van der Waals surface area contributed by atoms with E-state index in [4.69, 9.17) is 0 Å². The minimum Gasteiger partial charge on any atom is -0.273 e. The number of nitro groups is 1. The van der Waals surface area contributed by atoms with Crippen LogP contribution in [0, 0.1) is 10.1 Å². The fourth-order valence-electron chi connectivity index (χ4n) is 1.79. The van der Waals surface area contributed by atoms with Crippen LogP contribution in [0.15, 0.2) is 53.0 Å². The van der Waals surface area contributed by atoms with Gasteiger partial charge >= 0.3 is 0 Å². The molecular formula is C15H12BrN3O4. The summed E-state index contributed by atoms with van der Waals surface area (Å²) in [5.74, 6) is -1.02. The van der Waals surface area contributed by atoms with Crippen molar-refractivity contribution in [2.45, 2.75) is 6.42 Å². The first-order valence-electron chi connectivity index (χ1n) is 6.54. The molecule has 2 rings (SSSR count). The van der Waals surface area contributed by atoms with Crippen molar-refractivity contribution in [1.29, 1.82) is 0 Å². The maximum atomic E-state index is 11.9. The van der Waals surface area contributed by atoms with E-state index in [2.05, 4.69) is 26.8 Å². The van der Waals surface area contributed by atoms with E-state index in [1.165, 1.54) is 18.2 Å². The second-order valence-electron chi connectivity index (χ2n) is 4.61. The van der Waals surface area contributed by atoms with Crippen LogP contribution in [-0.2, 0) is 11.2 Å². The summed E-state index contributed by atoms with van der Waals surface area (Å²) >= 11 is 3.30. The summed E-state index contributed by atoms with van der Waals surface area (Å²) in [6.07, 6.45) is 0.0997. The van der Waals surface area contributed by atoms with Crippen LogP contribution >= 0.6 is 15.9 Å². The molecule has 0 spiro atoms. The number of carbonyl (C=O) groups excluding carboxylic acids is 2. The summed E-state index contributed by atoms with van der Waals surface area (Å²) in [5.41, 5.74) is 5.18. The minimum absolute atomic E-state index is 0.0862. The van der Waals surface area contributed by atoms with Crippen molar-refractivity contribution in [3.05, 3.63) is 74.2 Å². The van der Waals surface area contributed by atoms with Gasteiger partial charge in [-0.1, -0.05) is 34.1 Å². The van der Waals surface area contributed by atoms with E-state index < -0.39 is 16.7 Å².